The molecule has 0 saturated heterocycles. The van der Waals surface area contributed by atoms with Crippen LogP contribution >= 0.6 is 11.6 Å². The number of likely N-dealkylation sites (N-methyl/N-ethyl adjacent to an activating group) is 1. The van der Waals surface area contributed by atoms with Gasteiger partial charge in [0.15, 0.2) is 0 Å². The highest BCUT2D eigenvalue weighted by atomic mass is 35.5. The van der Waals surface area contributed by atoms with E-state index in [1.54, 1.807) is 0 Å². The predicted octanol–water partition coefficient (Wildman–Crippen LogP) is 2.66. The van der Waals surface area contributed by atoms with Gasteiger partial charge in [-0.15, -0.1) is 0 Å². The Morgan fingerprint density at radius 2 is 2.06 bits per heavy atom. The molecule has 3 nitrogen and oxygen atoms in total. The summed E-state index contributed by atoms with van der Waals surface area (Å²) < 4.78 is 0. The summed E-state index contributed by atoms with van der Waals surface area (Å²) in [5, 5.41) is 13.9. The van der Waals surface area contributed by atoms with Gasteiger partial charge in [0, 0.05) is 19.6 Å². The number of halogens is 1. The highest BCUT2D eigenvalue weighted by Gasteiger charge is 2.21. The van der Waals surface area contributed by atoms with E-state index in [-0.39, 0.29) is 0 Å². The molecule has 0 bridgehead atoms. The molecule has 0 aliphatic carbocycles. The molecule has 1 aromatic rings. The van der Waals surface area contributed by atoms with E-state index < -0.39 is 5.60 Å². The highest BCUT2D eigenvalue weighted by Crippen LogP contribution is 2.30. The molecule has 0 atom stereocenters. The number of aliphatic hydroxyl groups is 1. The van der Waals surface area contributed by atoms with Crippen molar-refractivity contribution in [1.29, 1.82) is 0 Å². The van der Waals surface area contributed by atoms with Crippen molar-refractivity contribution in [2.75, 3.05) is 25.0 Å². The molecule has 1 rings (SSSR count). The van der Waals surface area contributed by atoms with E-state index in [0.717, 1.165) is 29.4 Å². The van der Waals surface area contributed by atoms with Crippen molar-refractivity contribution >= 4 is 17.3 Å². The number of nitrogens with zero attached hydrogens (tertiary/aromatic N) is 1. The Bertz CT molecular complexity index is 388. The molecule has 102 valence electrons. The molecular formula is C14H23ClN2O. The van der Waals surface area contributed by atoms with Gasteiger partial charge in [0.1, 0.15) is 0 Å². The molecule has 0 fully saturated rings. The van der Waals surface area contributed by atoms with Gasteiger partial charge < -0.3 is 15.3 Å². The molecular weight excluding hydrogens is 248 g/mol. The number of nitrogens with one attached hydrogen (secondary N) is 1. The average molecular weight is 271 g/mol. The molecule has 0 aliphatic heterocycles. The topological polar surface area (TPSA) is 35.5 Å². The Labute approximate surface area is 115 Å². The van der Waals surface area contributed by atoms with Crippen LogP contribution in [-0.4, -0.2) is 30.8 Å². The maximum atomic E-state index is 9.99. The fourth-order valence-electron chi connectivity index (χ4n) is 2.06. The first-order valence-electron chi connectivity index (χ1n) is 6.28. The molecule has 0 unspecified atom stereocenters. The van der Waals surface area contributed by atoms with E-state index >= 15 is 0 Å². The summed E-state index contributed by atoms with van der Waals surface area (Å²) in [6, 6.07) is 5.91. The van der Waals surface area contributed by atoms with Crippen molar-refractivity contribution in [2.45, 2.75) is 32.9 Å². The number of rotatable bonds is 6. The summed E-state index contributed by atoms with van der Waals surface area (Å²) in [5.41, 5.74) is 1.42. The molecule has 0 heterocycles. The van der Waals surface area contributed by atoms with E-state index in [0.29, 0.717) is 6.54 Å². The minimum atomic E-state index is -0.744. The summed E-state index contributed by atoms with van der Waals surface area (Å²) in [7, 11) is 1.91. The smallest absolute Gasteiger partial charge is 0.0765 e. The van der Waals surface area contributed by atoms with Crippen LogP contribution in [-0.2, 0) is 6.54 Å². The first kappa shape index (κ1) is 15.3. The Morgan fingerprint density at radius 1 is 1.39 bits per heavy atom. The monoisotopic (exact) mass is 270 g/mol. The first-order chi connectivity index (χ1) is 8.39. The number of benzene rings is 1. The SMILES string of the molecule is CCN(CC(C)(C)O)c1c(Cl)cccc1CNC. The quantitative estimate of drug-likeness (QED) is 0.834. The fourth-order valence-corrected chi connectivity index (χ4v) is 2.38. The average Bonchev–Trinajstić information content (AvgIpc) is 2.26. The number of hydrogen-bond acceptors (Lipinski definition) is 3. The zero-order valence-corrected chi connectivity index (χ0v) is 12.4. The zero-order valence-electron chi connectivity index (χ0n) is 11.6. The Hall–Kier alpha value is -0.770. The Balaban J connectivity index is 3.11. The van der Waals surface area contributed by atoms with Crippen LogP contribution in [0.1, 0.15) is 26.3 Å². The first-order valence-corrected chi connectivity index (χ1v) is 6.66. The van der Waals surface area contributed by atoms with Gasteiger partial charge in [-0.25, -0.2) is 0 Å². The van der Waals surface area contributed by atoms with E-state index in [9.17, 15) is 5.11 Å². The van der Waals surface area contributed by atoms with Crippen LogP contribution in [0, 0.1) is 0 Å². The van der Waals surface area contributed by atoms with E-state index in [1.807, 2.05) is 33.0 Å². The van der Waals surface area contributed by atoms with Crippen molar-refractivity contribution in [3.05, 3.63) is 28.8 Å². The van der Waals surface area contributed by atoms with Crippen molar-refractivity contribution in [3.8, 4) is 0 Å². The molecule has 0 radical (unpaired) electrons. The lowest BCUT2D eigenvalue weighted by Crippen LogP contribution is -2.39. The van der Waals surface area contributed by atoms with Crippen LogP contribution in [0.4, 0.5) is 5.69 Å². The normalized spacial score (nSPS) is 11.7. The number of anilines is 1. The third-order valence-electron chi connectivity index (χ3n) is 2.71. The lowest BCUT2D eigenvalue weighted by atomic mass is 10.1. The summed E-state index contributed by atoms with van der Waals surface area (Å²) in [6.45, 7) is 7.82. The molecule has 2 N–H and O–H groups in total. The Morgan fingerprint density at radius 3 is 2.56 bits per heavy atom. The van der Waals surface area contributed by atoms with Gasteiger partial charge in [-0.1, -0.05) is 23.7 Å². The zero-order chi connectivity index (χ0) is 13.8. The van der Waals surface area contributed by atoms with Crippen molar-refractivity contribution in [1.82, 2.24) is 5.32 Å². The number of para-hydroxylation sites is 1. The molecule has 18 heavy (non-hydrogen) atoms. The number of hydrogen-bond donors (Lipinski definition) is 2. The molecule has 0 amide bonds. The van der Waals surface area contributed by atoms with Crippen LogP contribution in [0.15, 0.2) is 18.2 Å². The van der Waals surface area contributed by atoms with E-state index in [4.69, 9.17) is 11.6 Å². The second kappa shape index (κ2) is 6.41. The van der Waals surface area contributed by atoms with Crippen LogP contribution in [0.2, 0.25) is 5.02 Å². The molecule has 0 saturated carbocycles. The second-order valence-electron chi connectivity index (χ2n) is 5.10. The lowest BCUT2D eigenvalue weighted by Gasteiger charge is -2.32. The van der Waals surface area contributed by atoms with Gasteiger partial charge >= 0.3 is 0 Å². The standard InChI is InChI=1S/C14H23ClN2O/c1-5-17(10-14(2,3)18)13-11(9-16-4)7-6-8-12(13)15/h6-8,16,18H,5,9-10H2,1-4H3. The largest absolute Gasteiger partial charge is 0.389 e. The minimum absolute atomic E-state index is 0.559. The molecule has 4 heteroatoms. The van der Waals surface area contributed by atoms with Gasteiger partial charge in [-0.05, 0) is 39.4 Å². The van der Waals surface area contributed by atoms with E-state index in [1.165, 1.54) is 0 Å². The molecule has 1 aromatic carbocycles. The Kier molecular flexibility index (Phi) is 5.45. The lowest BCUT2D eigenvalue weighted by molar-refractivity contribution is 0.0875. The van der Waals surface area contributed by atoms with Gasteiger partial charge in [-0.2, -0.15) is 0 Å². The van der Waals surface area contributed by atoms with Gasteiger partial charge in [-0.3, -0.25) is 0 Å². The highest BCUT2D eigenvalue weighted by molar-refractivity contribution is 6.33. The molecule has 0 aromatic heterocycles. The molecule has 0 spiro atoms. The molecule has 0 aliphatic rings. The third-order valence-corrected chi connectivity index (χ3v) is 3.02. The summed E-state index contributed by atoms with van der Waals surface area (Å²) in [4.78, 5) is 2.12. The summed E-state index contributed by atoms with van der Waals surface area (Å²) in [6.07, 6.45) is 0. The maximum Gasteiger partial charge on any atom is 0.0765 e. The van der Waals surface area contributed by atoms with Gasteiger partial charge in [0.05, 0.1) is 16.3 Å². The van der Waals surface area contributed by atoms with Crippen LogP contribution < -0.4 is 10.2 Å². The van der Waals surface area contributed by atoms with Gasteiger partial charge in [0.25, 0.3) is 0 Å². The van der Waals surface area contributed by atoms with E-state index in [2.05, 4.69) is 23.2 Å². The maximum absolute atomic E-state index is 9.99. The van der Waals surface area contributed by atoms with Crippen LogP contribution in [0.5, 0.6) is 0 Å². The summed E-state index contributed by atoms with van der Waals surface area (Å²) in [5.74, 6) is 0. The third kappa shape index (κ3) is 4.16. The van der Waals surface area contributed by atoms with Crippen molar-refractivity contribution < 1.29 is 5.11 Å². The van der Waals surface area contributed by atoms with Crippen molar-refractivity contribution in [2.24, 2.45) is 0 Å². The second-order valence-corrected chi connectivity index (χ2v) is 5.51. The van der Waals surface area contributed by atoms with Crippen LogP contribution in [0.25, 0.3) is 0 Å². The summed E-state index contributed by atoms with van der Waals surface area (Å²) >= 11 is 6.32. The van der Waals surface area contributed by atoms with Crippen molar-refractivity contribution in [3.63, 3.8) is 0 Å². The predicted molar refractivity (Wildman–Crippen MR) is 78.4 cm³/mol. The van der Waals surface area contributed by atoms with Gasteiger partial charge in [0.2, 0.25) is 0 Å². The van der Waals surface area contributed by atoms with Crippen LogP contribution in [0.3, 0.4) is 0 Å². The minimum Gasteiger partial charge on any atom is -0.389 e. The fraction of sp³-hybridized carbons (Fsp3) is 0.571.